The van der Waals surface area contributed by atoms with Crippen LogP contribution in [0.1, 0.15) is 43.0 Å². The molecule has 0 radical (unpaired) electrons. The van der Waals surface area contributed by atoms with Crippen LogP contribution in [0.3, 0.4) is 0 Å². The standard InChI is InChI=1S/C16H22N4O/c17-12-15-16(13-8-9-13)20(19-18-15)10-4-5-11-21-14-6-2-1-3-7-14/h1-3,6-7,13H,4-5,8-12,17H2. The van der Waals surface area contributed by atoms with Crippen molar-refractivity contribution in [3.63, 3.8) is 0 Å². The third-order valence-corrected chi connectivity index (χ3v) is 3.78. The minimum atomic E-state index is 0.489. The maximum atomic E-state index is 5.73. The van der Waals surface area contributed by atoms with Crippen molar-refractivity contribution >= 4 is 0 Å². The number of unbranched alkanes of at least 4 members (excludes halogenated alkanes) is 1. The molecule has 0 atom stereocenters. The van der Waals surface area contributed by atoms with Gasteiger partial charge in [-0.25, -0.2) is 4.68 Å². The molecule has 1 aromatic heterocycles. The van der Waals surface area contributed by atoms with Crippen LogP contribution in [0.2, 0.25) is 0 Å². The molecule has 0 spiro atoms. The second kappa shape index (κ2) is 6.72. The highest BCUT2D eigenvalue weighted by Crippen LogP contribution is 2.41. The smallest absolute Gasteiger partial charge is 0.119 e. The number of aromatic nitrogens is 3. The molecule has 0 saturated heterocycles. The molecular formula is C16H22N4O. The molecule has 1 aliphatic carbocycles. The Morgan fingerprint density at radius 2 is 2.00 bits per heavy atom. The summed E-state index contributed by atoms with van der Waals surface area (Å²) in [6.07, 6.45) is 4.55. The quantitative estimate of drug-likeness (QED) is 0.757. The summed E-state index contributed by atoms with van der Waals surface area (Å²) in [5.74, 6) is 1.57. The average Bonchev–Trinajstić information content (AvgIpc) is 3.28. The second-order valence-corrected chi connectivity index (χ2v) is 5.49. The molecule has 0 amide bonds. The van der Waals surface area contributed by atoms with E-state index in [1.54, 1.807) is 0 Å². The molecule has 1 aromatic carbocycles. The van der Waals surface area contributed by atoms with Crippen LogP contribution in [-0.2, 0) is 13.1 Å². The first-order chi connectivity index (χ1) is 10.4. The number of hydrogen-bond acceptors (Lipinski definition) is 4. The highest BCUT2D eigenvalue weighted by atomic mass is 16.5. The van der Waals surface area contributed by atoms with E-state index in [1.807, 2.05) is 35.0 Å². The number of benzene rings is 1. The minimum Gasteiger partial charge on any atom is -0.494 e. The van der Waals surface area contributed by atoms with Gasteiger partial charge in [-0.15, -0.1) is 5.10 Å². The van der Waals surface area contributed by atoms with Crippen LogP contribution >= 0.6 is 0 Å². The lowest BCUT2D eigenvalue weighted by molar-refractivity contribution is 0.301. The van der Waals surface area contributed by atoms with Crippen molar-refractivity contribution < 1.29 is 4.74 Å². The molecule has 2 aromatic rings. The van der Waals surface area contributed by atoms with Gasteiger partial charge in [0.1, 0.15) is 5.75 Å². The van der Waals surface area contributed by atoms with E-state index in [0.29, 0.717) is 12.5 Å². The summed E-state index contributed by atoms with van der Waals surface area (Å²) in [6.45, 7) is 2.13. The zero-order valence-corrected chi connectivity index (χ0v) is 12.2. The van der Waals surface area contributed by atoms with Gasteiger partial charge in [0.15, 0.2) is 0 Å². The van der Waals surface area contributed by atoms with Crippen molar-refractivity contribution in [3.05, 3.63) is 41.7 Å². The van der Waals surface area contributed by atoms with Gasteiger partial charge in [0, 0.05) is 19.0 Å². The first kappa shape index (κ1) is 14.1. The Hall–Kier alpha value is -1.88. The number of nitrogens with zero attached hydrogens (tertiary/aromatic N) is 3. The van der Waals surface area contributed by atoms with Gasteiger partial charge in [-0.05, 0) is 37.8 Å². The predicted molar refractivity (Wildman–Crippen MR) is 81.1 cm³/mol. The molecular weight excluding hydrogens is 264 g/mol. The van der Waals surface area contributed by atoms with Gasteiger partial charge in [-0.1, -0.05) is 23.4 Å². The molecule has 2 N–H and O–H groups in total. The molecule has 0 unspecified atom stereocenters. The lowest BCUT2D eigenvalue weighted by Crippen LogP contribution is -2.08. The van der Waals surface area contributed by atoms with Crippen molar-refractivity contribution in [3.8, 4) is 5.75 Å². The van der Waals surface area contributed by atoms with Crippen LogP contribution in [-0.4, -0.2) is 21.6 Å². The minimum absolute atomic E-state index is 0.489. The van der Waals surface area contributed by atoms with Crippen molar-refractivity contribution in [1.29, 1.82) is 0 Å². The van der Waals surface area contributed by atoms with Gasteiger partial charge in [0.05, 0.1) is 18.0 Å². The Balaban J connectivity index is 1.44. The van der Waals surface area contributed by atoms with E-state index in [1.165, 1.54) is 18.5 Å². The van der Waals surface area contributed by atoms with E-state index < -0.39 is 0 Å². The van der Waals surface area contributed by atoms with Gasteiger partial charge in [0.2, 0.25) is 0 Å². The maximum absolute atomic E-state index is 5.73. The number of rotatable bonds is 8. The average molecular weight is 286 g/mol. The Morgan fingerprint density at radius 1 is 1.19 bits per heavy atom. The fourth-order valence-electron chi connectivity index (χ4n) is 2.54. The highest BCUT2D eigenvalue weighted by Gasteiger charge is 2.30. The molecule has 5 heteroatoms. The third kappa shape index (κ3) is 3.61. The van der Waals surface area contributed by atoms with Crippen LogP contribution in [0.25, 0.3) is 0 Å². The van der Waals surface area contributed by atoms with Crippen molar-refractivity contribution in [2.75, 3.05) is 6.61 Å². The van der Waals surface area contributed by atoms with Crippen molar-refractivity contribution in [1.82, 2.24) is 15.0 Å². The van der Waals surface area contributed by atoms with E-state index in [9.17, 15) is 0 Å². The Labute approximate surface area is 125 Å². The Kier molecular flexibility index (Phi) is 4.50. The van der Waals surface area contributed by atoms with Gasteiger partial charge in [-0.2, -0.15) is 0 Å². The summed E-state index contributed by atoms with van der Waals surface area (Å²) in [7, 11) is 0. The van der Waals surface area contributed by atoms with E-state index in [-0.39, 0.29) is 0 Å². The first-order valence-electron chi connectivity index (χ1n) is 7.68. The summed E-state index contributed by atoms with van der Waals surface area (Å²) in [5, 5.41) is 8.45. The lowest BCUT2D eigenvalue weighted by Gasteiger charge is -2.08. The number of para-hydroxylation sites is 1. The zero-order chi connectivity index (χ0) is 14.5. The van der Waals surface area contributed by atoms with Gasteiger partial charge < -0.3 is 10.5 Å². The van der Waals surface area contributed by atoms with Crippen LogP contribution in [0.4, 0.5) is 0 Å². The van der Waals surface area contributed by atoms with E-state index in [4.69, 9.17) is 10.5 Å². The number of ether oxygens (including phenoxy) is 1. The van der Waals surface area contributed by atoms with E-state index in [2.05, 4.69) is 10.3 Å². The van der Waals surface area contributed by atoms with Gasteiger partial charge >= 0.3 is 0 Å². The molecule has 1 heterocycles. The largest absolute Gasteiger partial charge is 0.494 e. The van der Waals surface area contributed by atoms with Crippen molar-refractivity contribution in [2.45, 2.75) is 44.7 Å². The van der Waals surface area contributed by atoms with Crippen LogP contribution in [0.5, 0.6) is 5.75 Å². The predicted octanol–water partition coefficient (Wildman–Crippen LogP) is 2.47. The molecule has 3 rings (SSSR count). The Morgan fingerprint density at radius 3 is 2.71 bits per heavy atom. The molecule has 1 aliphatic rings. The fraction of sp³-hybridized carbons (Fsp3) is 0.500. The Bertz CT molecular complexity index is 563. The monoisotopic (exact) mass is 286 g/mol. The molecule has 112 valence electrons. The SMILES string of the molecule is NCc1nnn(CCCCOc2ccccc2)c1C1CC1. The number of nitrogens with two attached hydrogens (primary N) is 1. The number of aryl methyl sites for hydroxylation is 1. The summed E-state index contributed by atoms with van der Waals surface area (Å²) < 4.78 is 7.74. The first-order valence-corrected chi connectivity index (χ1v) is 7.68. The topological polar surface area (TPSA) is 66.0 Å². The third-order valence-electron chi connectivity index (χ3n) is 3.78. The van der Waals surface area contributed by atoms with E-state index in [0.717, 1.165) is 37.4 Å². The molecule has 0 aliphatic heterocycles. The lowest BCUT2D eigenvalue weighted by atomic mass is 10.2. The fourth-order valence-corrected chi connectivity index (χ4v) is 2.54. The number of hydrogen-bond donors (Lipinski definition) is 1. The molecule has 1 fully saturated rings. The van der Waals surface area contributed by atoms with E-state index >= 15 is 0 Å². The highest BCUT2D eigenvalue weighted by molar-refractivity contribution is 5.21. The molecule has 5 nitrogen and oxygen atoms in total. The van der Waals surface area contributed by atoms with Crippen LogP contribution in [0, 0.1) is 0 Å². The second-order valence-electron chi connectivity index (χ2n) is 5.49. The molecule has 21 heavy (non-hydrogen) atoms. The molecule has 0 bridgehead atoms. The summed E-state index contributed by atoms with van der Waals surface area (Å²) in [6, 6.07) is 9.93. The van der Waals surface area contributed by atoms with Crippen molar-refractivity contribution in [2.24, 2.45) is 5.73 Å². The van der Waals surface area contributed by atoms with Gasteiger partial charge in [-0.3, -0.25) is 0 Å². The zero-order valence-electron chi connectivity index (χ0n) is 12.2. The van der Waals surface area contributed by atoms with Crippen LogP contribution in [0.15, 0.2) is 30.3 Å². The summed E-state index contributed by atoms with van der Waals surface area (Å²) >= 11 is 0. The van der Waals surface area contributed by atoms with Gasteiger partial charge in [0.25, 0.3) is 0 Å². The molecule has 1 saturated carbocycles. The normalized spacial score (nSPS) is 14.3. The summed E-state index contributed by atoms with van der Waals surface area (Å²) in [4.78, 5) is 0. The maximum Gasteiger partial charge on any atom is 0.119 e. The summed E-state index contributed by atoms with van der Waals surface area (Å²) in [5.41, 5.74) is 7.97. The van der Waals surface area contributed by atoms with Crippen LogP contribution < -0.4 is 10.5 Å².